The van der Waals surface area contributed by atoms with Crippen molar-refractivity contribution in [2.24, 2.45) is 23.7 Å². The second-order valence-electron chi connectivity index (χ2n) is 3.91. The highest BCUT2D eigenvalue weighted by molar-refractivity contribution is 5.15. The third-order valence-electron chi connectivity index (χ3n) is 3.48. The van der Waals surface area contributed by atoms with Crippen LogP contribution in [0.15, 0.2) is 12.2 Å². The lowest BCUT2D eigenvalue weighted by molar-refractivity contribution is -0.0885. The van der Waals surface area contributed by atoms with Crippen LogP contribution >= 0.6 is 0 Å². The third-order valence-corrected chi connectivity index (χ3v) is 3.48. The minimum Gasteiger partial charge on any atom is -0.368 e. The van der Waals surface area contributed by atoms with Crippen molar-refractivity contribution in [2.75, 3.05) is 6.61 Å². The molecule has 2 bridgehead atoms. The van der Waals surface area contributed by atoms with Crippen molar-refractivity contribution in [2.45, 2.75) is 12.7 Å². The number of allylic oxidation sites excluding steroid dienone is 2. The molecule has 0 amide bonds. The van der Waals surface area contributed by atoms with Gasteiger partial charge in [-0.3, -0.25) is 0 Å². The largest absolute Gasteiger partial charge is 0.368 e. The van der Waals surface area contributed by atoms with E-state index in [4.69, 9.17) is 4.74 Å². The van der Waals surface area contributed by atoms with Gasteiger partial charge in [-0.15, -0.1) is 0 Å². The lowest BCUT2D eigenvalue weighted by Crippen LogP contribution is -2.23. The van der Waals surface area contributed by atoms with Crippen LogP contribution in [0.25, 0.3) is 0 Å². The van der Waals surface area contributed by atoms with Crippen molar-refractivity contribution in [3.63, 3.8) is 0 Å². The first-order valence-electron chi connectivity index (χ1n) is 4.34. The van der Waals surface area contributed by atoms with Gasteiger partial charge in [-0.25, -0.2) is 0 Å². The predicted octanol–water partition coefficient (Wildman–Crippen LogP) is 0.773. The highest BCUT2D eigenvalue weighted by Crippen LogP contribution is 2.52. The van der Waals surface area contributed by atoms with Gasteiger partial charge in [0, 0.05) is 5.92 Å². The molecule has 1 N–H and O–H groups in total. The molecule has 3 rings (SSSR count). The van der Waals surface area contributed by atoms with Crippen LogP contribution in [-0.2, 0) is 4.74 Å². The molecule has 60 valence electrons. The van der Waals surface area contributed by atoms with Crippen molar-refractivity contribution in [3.05, 3.63) is 12.2 Å². The molecule has 1 heterocycles. The van der Waals surface area contributed by atoms with Crippen LogP contribution in [0.5, 0.6) is 0 Å². The highest BCUT2D eigenvalue weighted by atomic mass is 16.6. The van der Waals surface area contributed by atoms with E-state index in [1.807, 2.05) is 0 Å². The zero-order chi connectivity index (χ0) is 7.42. The predicted molar refractivity (Wildman–Crippen MR) is 39.7 cm³/mol. The van der Waals surface area contributed by atoms with Gasteiger partial charge in [-0.05, 0) is 24.2 Å². The Labute approximate surface area is 65.9 Å². The first-order chi connectivity index (χ1) is 5.36. The fourth-order valence-corrected chi connectivity index (χ4v) is 2.94. The van der Waals surface area contributed by atoms with E-state index in [9.17, 15) is 5.11 Å². The van der Waals surface area contributed by atoms with Crippen LogP contribution in [0.1, 0.15) is 6.42 Å². The molecule has 5 atom stereocenters. The first-order valence-corrected chi connectivity index (χ1v) is 4.34. The van der Waals surface area contributed by atoms with E-state index in [0.717, 1.165) is 6.61 Å². The average molecular weight is 152 g/mol. The summed E-state index contributed by atoms with van der Waals surface area (Å²) in [5.74, 6) is 2.37. The summed E-state index contributed by atoms with van der Waals surface area (Å²) in [5, 5.41) is 9.47. The molecule has 1 saturated carbocycles. The van der Waals surface area contributed by atoms with Gasteiger partial charge in [-0.2, -0.15) is 0 Å². The molecule has 3 aliphatic rings. The SMILES string of the molecule is OC1OC[C@@H]2[C@H]1[C@@H]1C=C[C@H]2C1. The summed E-state index contributed by atoms with van der Waals surface area (Å²) in [6.07, 6.45) is 5.34. The second kappa shape index (κ2) is 1.87. The van der Waals surface area contributed by atoms with Crippen molar-refractivity contribution in [1.29, 1.82) is 0 Å². The number of aliphatic hydroxyl groups is 1. The van der Waals surface area contributed by atoms with Gasteiger partial charge >= 0.3 is 0 Å². The van der Waals surface area contributed by atoms with Crippen LogP contribution in [0.3, 0.4) is 0 Å². The molecule has 0 aromatic heterocycles. The fourth-order valence-electron chi connectivity index (χ4n) is 2.94. The average Bonchev–Trinajstić information content (AvgIpc) is 2.60. The highest BCUT2D eigenvalue weighted by Gasteiger charge is 2.51. The molecule has 2 heteroatoms. The molecule has 2 nitrogen and oxygen atoms in total. The van der Waals surface area contributed by atoms with Gasteiger partial charge in [0.15, 0.2) is 6.29 Å². The number of hydrogen-bond donors (Lipinski definition) is 1. The summed E-state index contributed by atoms with van der Waals surface area (Å²) < 4.78 is 5.22. The molecule has 11 heavy (non-hydrogen) atoms. The Morgan fingerprint density at radius 3 is 2.91 bits per heavy atom. The summed E-state index contributed by atoms with van der Waals surface area (Å²) in [7, 11) is 0. The molecule has 1 aliphatic heterocycles. The summed E-state index contributed by atoms with van der Waals surface area (Å²) in [6, 6.07) is 0. The molecule has 0 aromatic rings. The quantitative estimate of drug-likeness (QED) is 0.519. The Hall–Kier alpha value is -0.340. The summed E-state index contributed by atoms with van der Waals surface area (Å²) in [5.41, 5.74) is 0. The molecular formula is C9H12O2. The standard InChI is InChI=1S/C9H12O2/c10-9-8-6-2-1-5(3-6)7(8)4-11-9/h1-2,5-10H,3-4H2/t5-,6+,7-,8+,9?/m0/s1. The van der Waals surface area contributed by atoms with Gasteiger partial charge in [0.2, 0.25) is 0 Å². The number of hydrogen-bond acceptors (Lipinski definition) is 2. The fraction of sp³-hybridized carbons (Fsp3) is 0.778. The normalized spacial score (nSPS) is 58.8. The molecule has 0 radical (unpaired) electrons. The first kappa shape index (κ1) is 6.21. The smallest absolute Gasteiger partial charge is 0.158 e. The Bertz CT molecular complexity index is 212. The minimum atomic E-state index is -0.472. The summed E-state index contributed by atoms with van der Waals surface area (Å²) in [6.45, 7) is 0.775. The molecule has 1 saturated heterocycles. The van der Waals surface area contributed by atoms with E-state index in [2.05, 4.69) is 12.2 Å². The molecule has 2 aliphatic carbocycles. The van der Waals surface area contributed by atoms with E-state index in [1.54, 1.807) is 0 Å². The number of rotatable bonds is 0. The van der Waals surface area contributed by atoms with Gasteiger partial charge in [0.25, 0.3) is 0 Å². The van der Waals surface area contributed by atoms with Gasteiger partial charge in [-0.1, -0.05) is 12.2 Å². The Morgan fingerprint density at radius 1 is 1.27 bits per heavy atom. The van der Waals surface area contributed by atoms with E-state index >= 15 is 0 Å². The Balaban J connectivity index is 1.97. The van der Waals surface area contributed by atoms with Crippen LogP contribution in [0.2, 0.25) is 0 Å². The van der Waals surface area contributed by atoms with E-state index < -0.39 is 6.29 Å². The maximum Gasteiger partial charge on any atom is 0.158 e. The van der Waals surface area contributed by atoms with E-state index in [-0.39, 0.29) is 0 Å². The van der Waals surface area contributed by atoms with Crippen molar-refractivity contribution < 1.29 is 9.84 Å². The Morgan fingerprint density at radius 2 is 2.09 bits per heavy atom. The van der Waals surface area contributed by atoms with Gasteiger partial charge in [0.1, 0.15) is 0 Å². The zero-order valence-electron chi connectivity index (χ0n) is 6.31. The third kappa shape index (κ3) is 0.644. The van der Waals surface area contributed by atoms with Crippen molar-refractivity contribution in [3.8, 4) is 0 Å². The van der Waals surface area contributed by atoms with Crippen molar-refractivity contribution >= 4 is 0 Å². The molecule has 0 spiro atoms. The number of aliphatic hydroxyl groups excluding tert-OH is 1. The van der Waals surface area contributed by atoms with E-state index in [1.165, 1.54) is 6.42 Å². The summed E-state index contributed by atoms with van der Waals surface area (Å²) in [4.78, 5) is 0. The minimum absolute atomic E-state index is 0.421. The maximum absolute atomic E-state index is 9.47. The number of fused-ring (bicyclic) bond motifs is 5. The molecular weight excluding hydrogens is 140 g/mol. The zero-order valence-corrected chi connectivity index (χ0v) is 6.31. The van der Waals surface area contributed by atoms with Crippen LogP contribution in [0, 0.1) is 23.7 Å². The van der Waals surface area contributed by atoms with Gasteiger partial charge < -0.3 is 9.84 Å². The molecule has 0 aromatic carbocycles. The topological polar surface area (TPSA) is 29.5 Å². The van der Waals surface area contributed by atoms with Gasteiger partial charge in [0.05, 0.1) is 6.61 Å². The monoisotopic (exact) mass is 152 g/mol. The lowest BCUT2D eigenvalue weighted by atomic mass is 9.85. The molecule has 1 unspecified atom stereocenters. The van der Waals surface area contributed by atoms with Crippen LogP contribution in [-0.4, -0.2) is 18.0 Å². The Kier molecular flexibility index (Phi) is 1.06. The summed E-state index contributed by atoms with van der Waals surface area (Å²) >= 11 is 0. The molecule has 2 fully saturated rings. The lowest BCUT2D eigenvalue weighted by Gasteiger charge is -2.19. The van der Waals surface area contributed by atoms with Crippen LogP contribution < -0.4 is 0 Å². The van der Waals surface area contributed by atoms with Crippen LogP contribution in [0.4, 0.5) is 0 Å². The second-order valence-corrected chi connectivity index (χ2v) is 3.91. The maximum atomic E-state index is 9.47. The van der Waals surface area contributed by atoms with Crippen molar-refractivity contribution in [1.82, 2.24) is 0 Å². The number of ether oxygens (including phenoxy) is 1. The van der Waals surface area contributed by atoms with E-state index in [0.29, 0.717) is 23.7 Å².